The van der Waals surface area contributed by atoms with Crippen molar-refractivity contribution in [2.24, 2.45) is 5.73 Å². The minimum absolute atomic E-state index is 0.101. The summed E-state index contributed by atoms with van der Waals surface area (Å²) in [5.41, 5.74) is 6.55. The van der Waals surface area contributed by atoms with Crippen molar-refractivity contribution in [3.05, 3.63) is 34.3 Å². The van der Waals surface area contributed by atoms with Gasteiger partial charge in [-0.1, -0.05) is 43.2 Å². The Morgan fingerprint density at radius 1 is 1.42 bits per heavy atom. The number of unbranched alkanes of at least 4 members (excludes halogenated alkanes) is 2. The first kappa shape index (κ1) is 15.6. The van der Waals surface area contributed by atoms with E-state index < -0.39 is 0 Å². The number of rotatable bonds is 5. The number of nitrogens with two attached hydrogens (primary N) is 1. The fourth-order valence-electron chi connectivity index (χ4n) is 1.58. The number of halogens is 1. The van der Waals surface area contributed by atoms with Crippen LogP contribution in [-0.2, 0) is 0 Å². The molecule has 0 atom stereocenters. The van der Waals surface area contributed by atoms with Gasteiger partial charge in [0.25, 0.3) is 5.91 Å². The minimum Gasteiger partial charge on any atom is -0.352 e. The monoisotopic (exact) mass is 278 g/mol. The smallest absolute Gasteiger partial charge is 0.251 e. The summed E-state index contributed by atoms with van der Waals surface area (Å²) in [6.45, 7) is 3.11. The van der Waals surface area contributed by atoms with Crippen molar-refractivity contribution >= 4 is 17.5 Å². The molecule has 0 fully saturated rings. The van der Waals surface area contributed by atoms with Crippen molar-refractivity contribution in [2.45, 2.75) is 26.2 Å². The van der Waals surface area contributed by atoms with Gasteiger partial charge in [-0.15, -0.1) is 0 Å². The quantitative estimate of drug-likeness (QED) is 0.642. The Hall–Kier alpha value is -1.50. The Morgan fingerprint density at radius 2 is 2.21 bits per heavy atom. The number of hydrogen-bond donors (Lipinski definition) is 2. The predicted molar refractivity (Wildman–Crippen MR) is 79.2 cm³/mol. The predicted octanol–water partition coefficient (Wildman–Crippen LogP) is 2.57. The molecule has 4 heteroatoms. The molecule has 1 rings (SSSR count). The van der Waals surface area contributed by atoms with E-state index in [1.54, 1.807) is 18.2 Å². The van der Waals surface area contributed by atoms with Crippen molar-refractivity contribution in [1.82, 2.24) is 5.32 Å². The molecule has 0 aliphatic rings. The van der Waals surface area contributed by atoms with Gasteiger partial charge in [0, 0.05) is 17.7 Å². The van der Waals surface area contributed by atoms with Gasteiger partial charge in [0.2, 0.25) is 0 Å². The van der Waals surface area contributed by atoms with Crippen LogP contribution in [-0.4, -0.2) is 19.0 Å². The van der Waals surface area contributed by atoms with Crippen molar-refractivity contribution in [1.29, 1.82) is 0 Å². The number of nitrogens with one attached hydrogen (secondary N) is 1. The molecular formula is C15H19ClN2O. The molecule has 1 aromatic rings. The van der Waals surface area contributed by atoms with Crippen LogP contribution in [0.3, 0.4) is 0 Å². The zero-order valence-electron chi connectivity index (χ0n) is 11.1. The highest BCUT2D eigenvalue weighted by atomic mass is 35.5. The molecule has 0 spiro atoms. The largest absolute Gasteiger partial charge is 0.352 e. The Balaban J connectivity index is 2.64. The minimum atomic E-state index is -0.101. The van der Waals surface area contributed by atoms with Crippen LogP contribution in [0.25, 0.3) is 0 Å². The Labute approximate surface area is 119 Å². The molecule has 0 aliphatic heterocycles. The van der Waals surface area contributed by atoms with Crippen molar-refractivity contribution < 1.29 is 4.79 Å². The second-order valence-corrected chi connectivity index (χ2v) is 4.57. The van der Waals surface area contributed by atoms with Crippen LogP contribution in [0.2, 0.25) is 5.02 Å². The van der Waals surface area contributed by atoms with Gasteiger partial charge >= 0.3 is 0 Å². The first-order chi connectivity index (χ1) is 9.19. The molecule has 0 unspecified atom stereocenters. The molecule has 0 aliphatic carbocycles. The highest BCUT2D eigenvalue weighted by molar-refractivity contribution is 6.32. The average molecular weight is 279 g/mol. The van der Waals surface area contributed by atoms with E-state index in [2.05, 4.69) is 24.1 Å². The third-order valence-electron chi connectivity index (χ3n) is 2.62. The van der Waals surface area contributed by atoms with E-state index >= 15 is 0 Å². The fraction of sp³-hybridized carbons (Fsp3) is 0.400. The summed E-state index contributed by atoms with van der Waals surface area (Å²) in [6.07, 6.45) is 3.25. The molecule has 102 valence electrons. The lowest BCUT2D eigenvalue weighted by atomic mass is 10.1. The zero-order chi connectivity index (χ0) is 14.1. The standard InChI is InChI=1S/C15H19ClN2O/c1-2-3-4-10-18-15(19)13-8-7-12(6-5-9-17)14(16)11-13/h7-8,11H,2-4,9-10,17H2,1H3,(H,18,19). The highest BCUT2D eigenvalue weighted by Crippen LogP contribution is 2.17. The summed E-state index contributed by atoms with van der Waals surface area (Å²) in [7, 11) is 0. The van der Waals surface area contributed by atoms with Gasteiger partial charge in [0.15, 0.2) is 0 Å². The van der Waals surface area contributed by atoms with Gasteiger partial charge in [0.1, 0.15) is 0 Å². The summed E-state index contributed by atoms with van der Waals surface area (Å²) in [4.78, 5) is 11.9. The van der Waals surface area contributed by atoms with Gasteiger partial charge in [-0.05, 0) is 24.6 Å². The van der Waals surface area contributed by atoms with E-state index in [1.807, 2.05) is 0 Å². The molecule has 19 heavy (non-hydrogen) atoms. The highest BCUT2D eigenvalue weighted by Gasteiger charge is 2.07. The van der Waals surface area contributed by atoms with Crippen LogP contribution in [0.4, 0.5) is 0 Å². The third-order valence-corrected chi connectivity index (χ3v) is 2.93. The number of carbonyl (C=O) groups excluding carboxylic acids is 1. The molecule has 0 bridgehead atoms. The van der Waals surface area contributed by atoms with Crippen LogP contribution >= 0.6 is 11.6 Å². The second kappa shape index (κ2) is 8.58. The molecule has 1 aromatic carbocycles. The Morgan fingerprint density at radius 3 is 2.84 bits per heavy atom. The van der Waals surface area contributed by atoms with Crippen molar-refractivity contribution in [3.63, 3.8) is 0 Å². The van der Waals surface area contributed by atoms with E-state index in [-0.39, 0.29) is 12.5 Å². The summed E-state index contributed by atoms with van der Waals surface area (Å²) in [6, 6.07) is 5.10. The SMILES string of the molecule is CCCCCNC(=O)c1ccc(C#CCN)c(Cl)c1. The number of amides is 1. The lowest BCUT2D eigenvalue weighted by Crippen LogP contribution is -2.24. The molecule has 3 nitrogen and oxygen atoms in total. The summed E-state index contributed by atoms with van der Waals surface area (Å²) < 4.78 is 0. The van der Waals surface area contributed by atoms with Crippen LogP contribution in [0.1, 0.15) is 42.1 Å². The summed E-state index contributed by atoms with van der Waals surface area (Å²) >= 11 is 6.07. The molecule has 1 amide bonds. The van der Waals surface area contributed by atoms with E-state index in [0.717, 1.165) is 19.3 Å². The number of carbonyl (C=O) groups is 1. The normalized spacial score (nSPS) is 9.63. The number of hydrogen-bond acceptors (Lipinski definition) is 2. The maximum Gasteiger partial charge on any atom is 0.251 e. The van der Waals surface area contributed by atoms with Crippen molar-refractivity contribution in [3.8, 4) is 11.8 Å². The summed E-state index contributed by atoms with van der Waals surface area (Å²) in [5.74, 6) is 5.49. The number of benzene rings is 1. The van der Waals surface area contributed by atoms with E-state index in [9.17, 15) is 4.79 Å². The summed E-state index contributed by atoms with van der Waals surface area (Å²) in [5, 5.41) is 3.34. The van der Waals surface area contributed by atoms with Crippen LogP contribution in [0, 0.1) is 11.8 Å². The molecule has 0 radical (unpaired) electrons. The zero-order valence-corrected chi connectivity index (χ0v) is 11.9. The topological polar surface area (TPSA) is 55.1 Å². The van der Waals surface area contributed by atoms with E-state index in [1.165, 1.54) is 0 Å². The van der Waals surface area contributed by atoms with Gasteiger partial charge < -0.3 is 11.1 Å². The Bertz CT molecular complexity index is 489. The molecule has 0 aromatic heterocycles. The molecule has 0 saturated carbocycles. The second-order valence-electron chi connectivity index (χ2n) is 4.16. The first-order valence-electron chi connectivity index (χ1n) is 6.45. The fourth-order valence-corrected chi connectivity index (χ4v) is 1.81. The maximum atomic E-state index is 11.9. The van der Waals surface area contributed by atoms with E-state index in [4.69, 9.17) is 17.3 Å². The van der Waals surface area contributed by atoms with Gasteiger partial charge in [0.05, 0.1) is 11.6 Å². The average Bonchev–Trinajstić information content (AvgIpc) is 2.42. The lowest BCUT2D eigenvalue weighted by Gasteiger charge is -2.05. The van der Waals surface area contributed by atoms with Crippen LogP contribution in [0.15, 0.2) is 18.2 Å². The van der Waals surface area contributed by atoms with E-state index in [0.29, 0.717) is 22.7 Å². The van der Waals surface area contributed by atoms with Gasteiger partial charge in [-0.3, -0.25) is 4.79 Å². The molecular weight excluding hydrogens is 260 g/mol. The third kappa shape index (κ3) is 5.34. The maximum absolute atomic E-state index is 11.9. The Kier molecular flexibility index (Phi) is 7.02. The van der Waals surface area contributed by atoms with Crippen LogP contribution in [0.5, 0.6) is 0 Å². The molecule has 0 heterocycles. The molecule has 0 saturated heterocycles. The van der Waals surface area contributed by atoms with Gasteiger partial charge in [-0.25, -0.2) is 0 Å². The molecule has 3 N–H and O–H groups in total. The lowest BCUT2D eigenvalue weighted by molar-refractivity contribution is 0.0953. The van der Waals surface area contributed by atoms with Crippen molar-refractivity contribution in [2.75, 3.05) is 13.1 Å². The van der Waals surface area contributed by atoms with Gasteiger partial charge in [-0.2, -0.15) is 0 Å². The first-order valence-corrected chi connectivity index (χ1v) is 6.83. The van der Waals surface area contributed by atoms with Crippen LogP contribution < -0.4 is 11.1 Å².